The highest BCUT2D eigenvalue weighted by atomic mass is 28.4. The van der Waals surface area contributed by atoms with Crippen molar-refractivity contribution >= 4 is 8.32 Å². The fraction of sp³-hybridized carbons (Fsp3) is 0.880. The molecule has 5 aliphatic rings. The molecule has 0 amide bonds. The lowest BCUT2D eigenvalue weighted by Crippen LogP contribution is -2.57. The SMILES string of the molecule is C[C@]12CC[C@@H]3[C@H](CC=C4CC5(CC[C@]43C)OCCO5)[C@H]1CC[C@]2(C#N)O[Si](C)(C)C. The molecule has 4 aliphatic carbocycles. The highest BCUT2D eigenvalue weighted by molar-refractivity contribution is 6.69. The average Bonchev–Trinajstić information content (AvgIpc) is 3.24. The summed E-state index contributed by atoms with van der Waals surface area (Å²) in [5.41, 5.74) is 1.25. The molecule has 0 N–H and O–H groups in total. The van der Waals surface area contributed by atoms with Crippen LogP contribution >= 0.6 is 0 Å². The zero-order valence-electron chi connectivity index (χ0n) is 19.6. The van der Waals surface area contributed by atoms with Crippen molar-refractivity contribution in [3.05, 3.63) is 11.6 Å². The molecule has 0 unspecified atom stereocenters. The summed E-state index contributed by atoms with van der Waals surface area (Å²) in [7, 11) is -1.81. The Morgan fingerprint density at radius 1 is 1.03 bits per heavy atom. The molecule has 3 saturated carbocycles. The molecule has 0 aromatic heterocycles. The van der Waals surface area contributed by atoms with Crippen LogP contribution in [-0.2, 0) is 13.9 Å². The van der Waals surface area contributed by atoms with E-state index in [9.17, 15) is 5.26 Å². The summed E-state index contributed by atoms with van der Waals surface area (Å²) in [4.78, 5) is 0. The smallest absolute Gasteiger partial charge is 0.185 e. The van der Waals surface area contributed by atoms with Gasteiger partial charge in [0.2, 0.25) is 0 Å². The molecule has 0 bridgehead atoms. The van der Waals surface area contributed by atoms with E-state index in [0.29, 0.717) is 11.8 Å². The molecule has 166 valence electrons. The van der Waals surface area contributed by atoms with Gasteiger partial charge in [-0.15, -0.1) is 0 Å². The van der Waals surface area contributed by atoms with E-state index in [4.69, 9.17) is 13.9 Å². The lowest BCUT2D eigenvalue weighted by molar-refractivity contribution is -0.186. The van der Waals surface area contributed by atoms with Gasteiger partial charge in [0.1, 0.15) is 5.60 Å². The molecule has 6 atom stereocenters. The number of ether oxygens (including phenoxy) is 2. The minimum Gasteiger partial charge on any atom is -0.399 e. The minimum absolute atomic E-state index is 0.0154. The van der Waals surface area contributed by atoms with Crippen LogP contribution in [0.4, 0.5) is 0 Å². The van der Waals surface area contributed by atoms with Crippen LogP contribution in [0, 0.1) is 39.9 Å². The third-order valence-electron chi connectivity index (χ3n) is 9.70. The number of nitriles is 1. The molecule has 30 heavy (non-hydrogen) atoms. The van der Waals surface area contributed by atoms with E-state index >= 15 is 0 Å². The number of fused-ring (bicyclic) bond motifs is 5. The van der Waals surface area contributed by atoms with Gasteiger partial charge in [-0.3, -0.25) is 0 Å². The number of allylic oxidation sites excluding steroid dienone is 1. The van der Waals surface area contributed by atoms with Crippen molar-refractivity contribution in [2.45, 2.75) is 96.2 Å². The van der Waals surface area contributed by atoms with Gasteiger partial charge < -0.3 is 13.9 Å². The number of nitrogens with zero attached hydrogens (tertiary/aromatic N) is 1. The summed E-state index contributed by atoms with van der Waals surface area (Å²) in [5.74, 6) is 1.65. The molecule has 4 nitrogen and oxygen atoms in total. The quantitative estimate of drug-likeness (QED) is 0.411. The number of hydrogen-bond acceptors (Lipinski definition) is 4. The molecule has 0 radical (unpaired) electrons. The Morgan fingerprint density at radius 2 is 1.73 bits per heavy atom. The topological polar surface area (TPSA) is 51.5 Å². The van der Waals surface area contributed by atoms with Crippen LogP contribution in [0.15, 0.2) is 11.6 Å². The van der Waals surface area contributed by atoms with Gasteiger partial charge in [-0.05, 0) is 81.3 Å². The maximum Gasteiger partial charge on any atom is 0.185 e. The second-order valence-corrected chi connectivity index (χ2v) is 16.6. The van der Waals surface area contributed by atoms with Gasteiger partial charge in [0.05, 0.1) is 19.3 Å². The molecule has 0 aromatic carbocycles. The van der Waals surface area contributed by atoms with Crippen LogP contribution in [0.25, 0.3) is 0 Å². The van der Waals surface area contributed by atoms with E-state index < -0.39 is 13.9 Å². The Bertz CT molecular complexity index is 791. The van der Waals surface area contributed by atoms with Crippen LogP contribution in [0.1, 0.15) is 65.2 Å². The summed E-state index contributed by atoms with van der Waals surface area (Å²) in [6.45, 7) is 13.1. The van der Waals surface area contributed by atoms with E-state index in [1.54, 1.807) is 5.57 Å². The standard InChI is InChI=1S/C25H39NO3Si/c1-22-12-13-25(27-14-15-28-25)16-18(22)6-7-19-20(22)8-10-23(2)21(19)9-11-24(23,17-26)29-30(3,4)5/h6,19-21H,7-16H2,1-5H3/t19-,20+,21+,22+,23-,24+/m0/s1. The largest absolute Gasteiger partial charge is 0.399 e. The Balaban J connectivity index is 1.45. The van der Waals surface area contributed by atoms with Gasteiger partial charge in [0.15, 0.2) is 14.1 Å². The van der Waals surface area contributed by atoms with Crippen LogP contribution in [0.2, 0.25) is 19.6 Å². The Morgan fingerprint density at radius 3 is 2.40 bits per heavy atom. The zero-order valence-corrected chi connectivity index (χ0v) is 20.6. The van der Waals surface area contributed by atoms with E-state index in [-0.39, 0.29) is 16.6 Å². The minimum atomic E-state index is -1.81. The lowest BCUT2D eigenvalue weighted by atomic mass is 9.47. The zero-order chi connectivity index (χ0) is 21.4. The first-order chi connectivity index (χ1) is 14.1. The summed E-state index contributed by atoms with van der Waals surface area (Å²) in [6.07, 6.45) is 11.2. The van der Waals surface area contributed by atoms with Gasteiger partial charge in [0, 0.05) is 18.3 Å². The van der Waals surface area contributed by atoms with Crippen molar-refractivity contribution in [3.8, 4) is 6.07 Å². The maximum absolute atomic E-state index is 10.3. The van der Waals surface area contributed by atoms with Crippen molar-refractivity contribution < 1.29 is 13.9 Å². The van der Waals surface area contributed by atoms with Crippen LogP contribution in [0.5, 0.6) is 0 Å². The molecule has 5 rings (SSSR count). The van der Waals surface area contributed by atoms with E-state index in [1.165, 1.54) is 6.42 Å². The summed E-state index contributed by atoms with van der Waals surface area (Å²) >= 11 is 0. The second kappa shape index (κ2) is 6.67. The van der Waals surface area contributed by atoms with Crippen molar-refractivity contribution in [3.63, 3.8) is 0 Å². The van der Waals surface area contributed by atoms with Gasteiger partial charge >= 0.3 is 0 Å². The molecular formula is C25H39NO3Si. The van der Waals surface area contributed by atoms with E-state index in [0.717, 1.165) is 64.1 Å². The first-order valence-corrected chi connectivity index (χ1v) is 15.6. The molecule has 1 saturated heterocycles. The van der Waals surface area contributed by atoms with Crippen LogP contribution < -0.4 is 0 Å². The molecular weight excluding hydrogens is 390 g/mol. The normalized spacial score (nSPS) is 47.2. The average molecular weight is 430 g/mol. The van der Waals surface area contributed by atoms with Gasteiger partial charge in [-0.25, -0.2) is 0 Å². The lowest BCUT2D eigenvalue weighted by Gasteiger charge is -2.59. The number of rotatable bonds is 2. The summed E-state index contributed by atoms with van der Waals surface area (Å²) in [5, 5.41) is 10.3. The van der Waals surface area contributed by atoms with Crippen molar-refractivity contribution in [2.75, 3.05) is 13.2 Å². The Kier molecular flexibility index (Phi) is 4.71. The summed E-state index contributed by atoms with van der Waals surface area (Å²) in [6, 6.07) is 2.73. The Hall–Kier alpha value is -0.673. The Labute approximate surface area is 183 Å². The third-order valence-corrected chi connectivity index (χ3v) is 10.7. The molecule has 1 aliphatic heterocycles. The maximum atomic E-state index is 10.3. The van der Waals surface area contributed by atoms with Crippen molar-refractivity contribution in [1.82, 2.24) is 0 Å². The van der Waals surface area contributed by atoms with Crippen LogP contribution in [0.3, 0.4) is 0 Å². The van der Waals surface area contributed by atoms with E-state index in [1.807, 2.05) is 0 Å². The first-order valence-electron chi connectivity index (χ1n) is 12.2. The predicted octanol–water partition coefficient (Wildman–Crippen LogP) is 5.81. The highest BCUT2D eigenvalue weighted by Crippen LogP contribution is 2.68. The van der Waals surface area contributed by atoms with Gasteiger partial charge in [0.25, 0.3) is 0 Å². The number of hydrogen-bond donors (Lipinski definition) is 0. The third kappa shape index (κ3) is 2.86. The molecule has 1 heterocycles. The van der Waals surface area contributed by atoms with Gasteiger partial charge in [-0.1, -0.05) is 25.5 Å². The molecule has 1 spiro atoms. The van der Waals surface area contributed by atoms with Gasteiger partial charge in [-0.2, -0.15) is 5.26 Å². The fourth-order valence-corrected chi connectivity index (χ4v) is 9.67. The molecule has 5 heteroatoms. The predicted molar refractivity (Wildman–Crippen MR) is 119 cm³/mol. The van der Waals surface area contributed by atoms with E-state index in [2.05, 4.69) is 45.6 Å². The summed E-state index contributed by atoms with van der Waals surface area (Å²) < 4.78 is 18.9. The van der Waals surface area contributed by atoms with Crippen molar-refractivity contribution in [1.29, 1.82) is 5.26 Å². The molecule has 0 aromatic rings. The molecule has 4 fully saturated rings. The fourth-order valence-electron chi connectivity index (χ4n) is 8.24. The first kappa shape index (κ1) is 21.2. The monoisotopic (exact) mass is 429 g/mol. The van der Waals surface area contributed by atoms with Crippen LogP contribution in [-0.4, -0.2) is 32.9 Å². The van der Waals surface area contributed by atoms with Crippen molar-refractivity contribution in [2.24, 2.45) is 28.6 Å². The second-order valence-electron chi connectivity index (χ2n) is 12.2. The highest BCUT2D eigenvalue weighted by Gasteiger charge is 2.66.